The summed E-state index contributed by atoms with van der Waals surface area (Å²) >= 11 is 9.72. The van der Waals surface area contributed by atoms with Gasteiger partial charge in [0.05, 0.1) is 23.6 Å². The van der Waals surface area contributed by atoms with E-state index in [2.05, 4.69) is 40.8 Å². The lowest BCUT2D eigenvalue weighted by Gasteiger charge is -2.15. The Bertz CT molecular complexity index is 1530. The molecule has 4 aromatic carbocycles. The van der Waals surface area contributed by atoms with Crippen molar-refractivity contribution in [2.45, 2.75) is 13.2 Å². The molecule has 0 unspecified atom stereocenters. The first-order chi connectivity index (χ1) is 17.9. The second-order valence-electron chi connectivity index (χ2n) is 8.36. The summed E-state index contributed by atoms with van der Waals surface area (Å²) in [6, 6.07) is 25.4. The highest BCUT2D eigenvalue weighted by atomic mass is 127. The van der Waals surface area contributed by atoms with Crippen molar-refractivity contribution in [1.82, 2.24) is 4.90 Å². The first-order valence-corrected chi connectivity index (χ1v) is 13.7. The van der Waals surface area contributed by atoms with Gasteiger partial charge in [-0.3, -0.25) is 14.5 Å². The molecule has 5 nitrogen and oxygen atoms in total. The number of hydrogen-bond donors (Lipinski definition) is 0. The summed E-state index contributed by atoms with van der Waals surface area (Å²) in [7, 11) is 1.54. The first-order valence-electron chi connectivity index (χ1n) is 11.4. The molecule has 0 bridgehead atoms. The van der Waals surface area contributed by atoms with Gasteiger partial charge in [0, 0.05) is 3.57 Å². The Hall–Kier alpha value is -3.01. The molecule has 8 heteroatoms. The number of rotatable bonds is 7. The van der Waals surface area contributed by atoms with Crippen LogP contribution in [0.2, 0.25) is 5.02 Å². The minimum Gasteiger partial charge on any atom is -0.493 e. The number of halogens is 2. The molecule has 0 spiro atoms. The second kappa shape index (κ2) is 11.2. The Morgan fingerprint density at radius 1 is 1.00 bits per heavy atom. The van der Waals surface area contributed by atoms with E-state index in [1.54, 1.807) is 18.2 Å². The summed E-state index contributed by atoms with van der Waals surface area (Å²) in [6.45, 7) is 0.540. The number of thioether (sulfide) groups is 1. The summed E-state index contributed by atoms with van der Waals surface area (Å²) in [5.74, 6) is 0.526. The summed E-state index contributed by atoms with van der Waals surface area (Å²) < 4.78 is 12.7. The van der Waals surface area contributed by atoms with Crippen molar-refractivity contribution in [2.24, 2.45) is 0 Å². The van der Waals surface area contributed by atoms with Gasteiger partial charge < -0.3 is 9.47 Å². The number of hydrogen-bond acceptors (Lipinski definition) is 5. The summed E-state index contributed by atoms with van der Waals surface area (Å²) in [4.78, 5) is 27.1. The van der Waals surface area contributed by atoms with E-state index < -0.39 is 0 Å². The van der Waals surface area contributed by atoms with Crippen LogP contribution in [0, 0.1) is 3.57 Å². The van der Waals surface area contributed by atoms with Gasteiger partial charge in [-0.2, -0.15) is 0 Å². The maximum Gasteiger partial charge on any atom is 0.293 e. The Morgan fingerprint density at radius 3 is 2.54 bits per heavy atom. The Morgan fingerprint density at radius 2 is 1.76 bits per heavy atom. The smallest absolute Gasteiger partial charge is 0.293 e. The van der Waals surface area contributed by atoms with Crippen LogP contribution in [-0.2, 0) is 17.9 Å². The number of fused-ring (bicyclic) bond motifs is 1. The van der Waals surface area contributed by atoms with Crippen molar-refractivity contribution in [3.05, 3.63) is 109 Å². The lowest BCUT2D eigenvalue weighted by molar-refractivity contribution is -0.123. The van der Waals surface area contributed by atoms with E-state index in [0.29, 0.717) is 33.6 Å². The number of carbonyl (C=O) groups excluding carboxylic acids is 2. The predicted octanol–water partition coefficient (Wildman–Crippen LogP) is 7.92. The minimum atomic E-state index is -0.333. The maximum atomic E-state index is 13.0. The van der Waals surface area contributed by atoms with Gasteiger partial charge in [-0.05, 0) is 92.2 Å². The number of ether oxygens (including phenoxy) is 2. The highest BCUT2D eigenvalue weighted by Gasteiger charge is 2.35. The van der Waals surface area contributed by atoms with Crippen LogP contribution in [0.25, 0.3) is 16.8 Å². The molecule has 1 aliphatic heterocycles. The molecule has 0 N–H and O–H groups in total. The number of benzene rings is 4. The zero-order valence-corrected chi connectivity index (χ0v) is 23.5. The van der Waals surface area contributed by atoms with Gasteiger partial charge in [0.1, 0.15) is 6.61 Å². The fourth-order valence-electron chi connectivity index (χ4n) is 4.09. The van der Waals surface area contributed by atoms with Crippen molar-refractivity contribution in [2.75, 3.05) is 7.11 Å². The Labute approximate surface area is 237 Å². The van der Waals surface area contributed by atoms with Gasteiger partial charge in [0.15, 0.2) is 11.5 Å². The van der Waals surface area contributed by atoms with Crippen LogP contribution in [0.5, 0.6) is 11.5 Å². The van der Waals surface area contributed by atoms with Gasteiger partial charge in [-0.1, -0.05) is 66.2 Å². The van der Waals surface area contributed by atoms with E-state index in [1.807, 2.05) is 48.5 Å². The number of imide groups is 1. The SMILES string of the molecule is COc1cc(/C=C2\SC(=O)N(Cc3ccc(I)cc3)C2=O)cc(Cl)c1OCc1cccc2ccccc12. The molecule has 186 valence electrons. The molecule has 0 saturated carbocycles. The van der Waals surface area contributed by atoms with E-state index in [-0.39, 0.29) is 17.7 Å². The highest BCUT2D eigenvalue weighted by Crippen LogP contribution is 2.40. The van der Waals surface area contributed by atoms with E-state index in [9.17, 15) is 9.59 Å². The topological polar surface area (TPSA) is 55.8 Å². The Balaban J connectivity index is 1.36. The third kappa shape index (κ3) is 5.63. The van der Waals surface area contributed by atoms with Crippen LogP contribution in [0.3, 0.4) is 0 Å². The quantitative estimate of drug-likeness (QED) is 0.152. The summed E-state index contributed by atoms with van der Waals surface area (Å²) in [6.07, 6.45) is 1.65. The van der Waals surface area contributed by atoms with Crippen molar-refractivity contribution < 1.29 is 19.1 Å². The normalized spacial score (nSPS) is 14.6. The zero-order valence-electron chi connectivity index (χ0n) is 19.7. The lowest BCUT2D eigenvalue weighted by atomic mass is 10.1. The average molecular weight is 642 g/mol. The molecule has 0 atom stereocenters. The van der Waals surface area contributed by atoms with Crippen molar-refractivity contribution >= 4 is 73.9 Å². The molecule has 0 radical (unpaired) electrons. The van der Waals surface area contributed by atoms with Crippen LogP contribution in [0.15, 0.2) is 83.8 Å². The third-order valence-corrected chi connectivity index (χ3v) is 7.84. The lowest BCUT2D eigenvalue weighted by Crippen LogP contribution is -2.27. The first kappa shape index (κ1) is 25.6. The van der Waals surface area contributed by atoms with Gasteiger partial charge in [0.2, 0.25) is 0 Å². The van der Waals surface area contributed by atoms with Crippen LogP contribution in [-0.4, -0.2) is 23.2 Å². The minimum absolute atomic E-state index is 0.226. The largest absolute Gasteiger partial charge is 0.493 e. The number of carbonyl (C=O) groups is 2. The van der Waals surface area contributed by atoms with Crippen LogP contribution < -0.4 is 9.47 Å². The zero-order chi connectivity index (χ0) is 25.9. The molecule has 4 aromatic rings. The molecule has 0 aromatic heterocycles. The highest BCUT2D eigenvalue weighted by molar-refractivity contribution is 14.1. The van der Waals surface area contributed by atoms with E-state index in [0.717, 1.165) is 37.2 Å². The molecule has 1 aliphatic rings. The van der Waals surface area contributed by atoms with E-state index in [4.69, 9.17) is 21.1 Å². The van der Waals surface area contributed by atoms with Crippen molar-refractivity contribution in [3.8, 4) is 11.5 Å². The fraction of sp³-hybridized carbons (Fsp3) is 0.103. The van der Waals surface area contributed by atoms with Gasteiger partial charge in [-0.15, -0.1) is 0 Å². The van der Waals surface area contributed by atoms with Crippen molar-refractivity contribution in [1.29, 1.82) is 0 Å². The molecule has 1 saturated heterocycles. The monoisotopic (exact) mass is 641 g/mol. The summed E-state index contributed by atoms with van der Waals surface area (Å²) in [5.41, 5.74) is 2.56. The standard InChI is InChI=1S/C29H21ClINO4S/c1-35-25-14-19(15-26-28(33)32(29(34)37-26)16-18-9-11-22(31)12-10-18)13-24(30)27(25)36-17-21-7-4-6-20-5-2-3-8-23(20)21/h2-15H,16-17H2,1H3/b26-15-. The van der Waals surface area contributed by atoms with Crippen LogP contribution in [0.1, 0.15) is 16.7 Å². The second-order valence-corrected chi connectivity index (χ2v) is 11.0. The predicted molar refractivity (Wildman–Crippen MR) is 157 cm³/mol. The number of amides is 2. The number of nitrogens with zero attached hydrogens (tertiary/aromatic N) is 1. The van der Waals surface area contributed by atoms with Crippen LogP contribution in [0.4, 0.5) is 4.79 Å². The molecular weight excluding hydrogens is 621 g/mol. The molecule has 5 rings (SSSR count). The van der Waals surface area contributed by atoms with Crippen molar-refractivity contribution in [3.63, 3.8) is 0 Å². The van der Waals surface area contributed by atoms with Gasteiger partial charge in [-0.25, -0.2) is 0 Å². The molecule has 0 aliphatic carbocycles. The van der Waals surface area contributed by atoms with E-state index in [1.165, 1.54) is 12.0 Å². The summed E-state index contributed by atoms with van der Waals surface area (Å²) in [5, 5.41) is 2.29. The van der Waals surface area contributed by atoms with Crippen LogP contribution >= 0.6 is 46.0 Å². The number of methoxy groups -OCH3 is 1. The molecule has 1 fully saturated rings. The van der Waals surface area contributed by atoms with Gasteiger partial charge in [0.25, 0.3) is 11.1 Å². The van der Waals surface area contributed by atoms with E-state index >= 15 is 0 Å². The molecule has 37 heavy (non-hydrogen) atoms. The Kier molecular flexibility index (Phi) is 7.73. The van der Waals surface area contributed by atoms with Gasteiger partial charge >= 0.3 is 0 Å². The fourth-order valence-corrected chi connectivity index (χ4v) is 5.56. The molecule has 1 heterocycles. The molecular formula is C29H21ClINO4S. The average Bonchev–Trinajstić information content (AvgIpc) is 3.16. The maximum absolute atomic E-state index is 13.0. The third-order valence-electron chi connectivity index (χ3n) is 5.93. The molecule has 2 amide bonds.